The van der Waals surface area contributed by atoms with Crippen molar-refractivity contribution in [3.8, 4) is 0 Å². The van der Waals surface area contributed by atoms with E-state index >= 15 is 0 Å². The van der Waals surface area contributed by atoms with Gasteiger partial charge in [-0.15, -0.1) is 0 Å². The second-order valence-electron chi connectivity index (χ2n) is 21.6. The summed E-state index contributed by atoms with van der Waals surface area (Å²) in [7, 11) is 4.88. The quantitative estimate of drug-likeness (QED) is 0.176. The zero-order valence-electron chi connectivity index (χ0n) is 42.3. The van der Waals surface area contributed by atoms with Gasteiger partial charge in [-0.1, -0.05) is 72.8 Å². The molecule has 4 heterocycles. The van der Waals surface area contributed by atoms with E-state index < -0.39 is 84.9 Å². The molecule has 1 aliphatic carbocycles. The van der Waals surface area contributed by atoms with Crippen LogP contribution in [0.15, 0.2) is 24.3 Å². The molecule has 67 heavy (non-hydrogen) atoms. The summed E-state index contributed by atoms with van der Waals surface area (Å²) in [5.74, 6) is -3.68. The van der Waals surface area contributed by atoms with E-state index in [2.05, 4.69) is 32.9 Å². The summed E-state index contributed by atoms with van der Waals surface area (Å²) in [6.07, 6.45) is 7.74. The molecule has 4 fully saturated rings. The molecule has 21 atom stereocenters. The van der Waals surface area contributed by atoms with Crippen molar-refractivity contribution in [1.29, 1.82) is 0 Å². The second kappa shape index (κ2) is 25.8. The summed E-state index contributed by atoms with van der Waals surface area (Å²) in [6.45, 7) is 14.3. The SMILES string of the molecule is COC1CC(C[C@@H](C)[C@H]2C[C@H](O)[C@H](C)CC(C)C3OC(=O)OC(C(C)C[C@H](C)C=CC=CC[C@@H](C)[C@@H](OC)C[C@@H]4CCC(C)C(O)(O4)[C@@H](O)C(=O)N4CCCCC4[C@H](O)O2)C3OC)CCC1O. The number of amides is 1. The van der Waals surface area contributed by atoms with Gasteiger partial charge in [-0.25, -0.2) is 4.79 Å². The van der Waals surface area contributed by atoms with Crippen LogP contribution in [-0.4, -0.2) is 150 Å². The number of aliphatic hydroxyl groups is 5. The highest BCUT2D eigenvalue weighted by Crippen LogP contribution is 2.40. The van der Waals surface area contributed by atoms with Crippen LogP contribution in [0.1, 0.15) is 138 Å². The third-order valence-corrected chi connectivity index (χ3v) is 16.3. The Labute approximate surface area is 401 Å². The molecule has 3 saturated heterocycles. The first-order valence-corrected chi connectivity index (χ1v) is 25.7. The maximum absolute atomic E-state index is 14.5. The smallest absolute Gasteiger partial charge is 0.428 e. The van der Waals surface area contributed by atoms with Crippen LogP contribution < -0.4 is 0 Å². The molecule has 11 unspecified atom stereocenters. The van der Waals surface area contributed by atoms with Crippen LogP contribution in [0, 0.1) is 47.3 Å². The number of piperidine rings is 1. The Hall–Kier alpha value is -2.18. The van der Waals surface area contributed by atoms with Crippen molar-refractivity contribution >= 4 is 12.1 Å². The summed E-state index contributed by atoms with van der Waals surface area (Å²) in [6, 6.07) is -0.827. The first-order chi connectivity index (χ1) is 31.8. The normalized spacial score (nSPS) is 44.5. The molecule has 5 aliphatic rings. The monoisotopic (exact) mass is 952 g/mol. The summed E-state index contributed by atoms with van der Waals surface area (Å²) >= 11 is 0. The fraction of sp³-hybridized carbons (Fsp3) is 0.885. The van der Waals surface area contributed by atoms with Gasteiger partial charge in [0.25, 0.3) is 5.91 Å². The largest absolute Gasteiger partial charge is 0.509 e. The fourth-order valence-electron chi connectivity index (χ4n) is 11.9. The number of rotatable bonds is 6. The number of hydrogen-bond acceptors (Lipinski definition) is 14. The van der Waals surface area contributed by atoms with E-state index in [0.717, 1.165) is 19.3 Å². The summed E-state index contributed by atoms with van der Waals surface area (Å²) in [5.41, 5.74) is 0. The minimum atomic E-state index is -2.16. The van der Waals surface area contributed by atoms with E-state index in [9.17, 15) is 35.1 Å². The number of hydrogen-bond donors (Lipinski definition) is 5. The van der Waals surface area contributed by atoms with Crippen LogP contribution in [0.3, 0.4) is 0 Å². The van der Waals surface area contributed by atoms with Crippen LogP contribution in [0.4, 0.5) is 4.79 Å². The maximum atomic E-state index is 14.5. The first kappa shape index (κ1) is 55.7. The van der Waals surface area contributed by atoms with Gasteiger partial charge < -0.3 is 63.6 Å². The number of allylic oxidation sites excluding steroid dienone is 4. The zero-order valence-corrected chi connectivity index (χ0v) is 42.3. The molecule has 0 aromatic rings. The lowest BCUT2D eigenvalue weighted by Crippen LogP contribution is -2.63. The Morgan fingerprint density at radius 2 is 1.43 bits per heavy atom. The fourth-order valence-corrected chi connectivity index (χ4v) is 11.9. The maximum Gasteiger partial charge on any atom is 0.509 e. The molecule has 1 amide bonds. The molecule has 5 rings (SSSR count). The highest BCUT2D eigenvalue weighted by Gasteiger charge is 2.53. The number of methoxy groups -OCH3 is 3. The van der Waals surface area contributed by atoms with Gasteiger partial charge in [-0.05, 0) is 118 Å². The molecule has 0 aromatic heterocycles. The van der Waals surface area contributed by atoms with Crippen molar-refractivity contribution in [3.05, 3.63) is 24.3 Å². The van der Waals surface area contributed by atoms with Crippen LogP contribution in [0.2, 0.25) is 0 Å². The number of aliphatic hydroxyl groups excluding tert-OH is 4. The molecule has 0 spiro atoms. The number of nitrogens with zero attached hydrogens (tertiary/aromatic N) is 1. The second-order valence-corrected chi connectivity index (χ2v) is 21.6. The number of ether oxygens (including phenoxy) is 7. The third kappa shape index (κ3) is 14.5. The van der Waals surface area contributed by atoms with Crippen LogP contribution in [0.25, 0.3) is 0 Å². The standard InChI is InChI=1S/C52H89NO14/c1-30-16-12-11-13-17-31(2)42(61-8)28-38-21-19-36(7)52(60,67-38)48(56)49(57)53-23-15-14-18-39(53)50(58)64-43(33(4)26-37-20-22-40(54)44(27-37)62-9)29-41(55)32(3)25-35(6)46-47(63-10)45(34(5)24-30)65-51(59)66-46/h11-13,16,30-48,50,54-56,58,60H,14-15,17-29H2,1-10H3/t30-,31-,32-,33-,34?,35?,36?,37?,38+,39?,40?,41+,42+,43-,44?,45?,46?,47?,48+,50-,52?/m1/s1. The van der Waals surface area contributed by atoms with Crippen molar-refractivity contribution in [2.24, 2.45) is 47.3 Å². The molecule has 386 valence electrons. The minimum absolute atomic E-state index is 0.0470. The van der Waals surface area contributed by atoms with Crippen LogP contribution in [-0.2, 0) is 38.0 Å². The Balaban J connectivity index is 1.44. The van der Waals surface area contributed by atoms with Gasteiger partial charge in [0.2, 0.25) is 5.79 Å². The van der Waals surface area contributed by atoms with Gasteiger partial charge in [0.05, 0.1) is 42.7 Å². The first-order valence-electron chi connectivity index (χ1n) is 25.7. The molecule has 5 N–H and O–H groups in total. The Kier molecular flexibility index (Phi) is 21.5. The van der Waals surface area contributed by atoms with Crippen molar-refractivity contribution in [2.75, 3.05) is 27.9 Å². The molecule has 0 radical (unpaired) electrons. The summed E-state index contributed by atoms with van der Waals surface area (Å²) in [4.78, 5) is 28.9. The predicted octanol–water partition coefficient (Wildman–Crippen LogP) is 6.69. The van der Waals surface area contributed by atoms with Gasteiger partial charge in [-0.2, -0.15) is 0 Å². The molecule has 4 bridgehead atoms. The summed E-state index contributed by atoms with van der Waals surface area (Å²) < 4.78 is 42.3. The Bertz CT molecular complexity index is 1580. The van der Waals surface area contributed by atoms with Gasteiger partial charge in [0.15, 0.2) is 12.4 Å². The third-order valence-electron chi connectivity index (χ3n) is 16.3. The van der Waals surface area contributed by atoms with Crippen molar-refractivity contribution in [1.82, 2.24) is 4.90 Å². The topological polar surface area (TPSA) is 203 Å². The summed E-state index contributed by atoms with van der Waals surface area (Å²) in [5, 5.41) is 58.6. The molecular weight excluding hydrogens is 863 g/mol. The van der Waals surface area contributed by atoms with Crippen molar-refractivity contribution < 1.29 is 68.3 Å². The van der Waals surface area contributed by atoms with E-state index in [1.165, 1.54) is 4.90 Å². The highest BCUT2D eigenvalue weighted by atomic mass is 16.8. The number of carbonyl (C=O) groups excluding carboxylic acids is 2. The van der Waals surface area contributed by atoms with Crippen molar-refractivity contribution in [2.45, 2.75) is 218 Å². The molecule has 15 nitrogen and oxygen atoms in total. The molecule has 0 aromatic carbocycles. The van der Waals surface area contributed by atoms with Crippen molar-refractivity contribution in [3.63, 3.8) is 0 Å². The minimum Gasteiger partial charge on any atom is -0.428 e. The van der Waals surface area contributed by atoms with E-state index in [4.69, 9.17) is 33.2 Å². The molecular formula is C52H89NO14. The predicted molar refractivity (Wildman–Crippen MR) is 252 cm³/mol. The lowest BCUT2D eigenvalue weighted by atomic mass is 9.77. The van der Waals surface area contributed by atoms with Crippen LogP contribution in [0.5, 0.6) is 0 Å². The van der Waals surface area contributed by atoms with E-state index in [1.807, 2.05) is 32.9 Å². The molecule has 1 saturated carbocycles. The van der Waals surface area contributed by atoms with E-state index in [0.29, 0.717) is 64.2 Å². The average molecular weight is 952 g/mol. The van der Waals surface area contributed by atoms with Crippen LogP contribution >= 0.6 is 0 Å². The number of carbonyl (C=O) groups is 2. The van der Waals surface area contributed by atoms with Gasteiger partial charge in [0, 0.05) is 46.6 Å². The molecule has 4 aliphatic heterocycles. The highest BCUT2D eigenvalue weighted by molar-refractivity contribution is 5.82. The average Bonchev–Trinajstić information content (AvgIpc) is 3.30. The Morgan fingerprint density at radius 1 is 0.746 bits per heavy atom. The zero-order chi connectivity index (χ0) is 49.2. The van der Waals surface area contributed by atoms with E-state index in [1.54, 1.807) is 28.3 Å². The lowest BCUT2D eigenvalue weighted by molar-refractivity contribution is -0.318. The van der Waals surface area contributed by atoms with Gasteiger partial charge in [0.1, 0.15) is 18.3 Å². The Morgan fingerprint density at radius 3 is 2.10 bits per heavy atom. The number of fused-ring (bicyclic) bond motifs is 5. The van der Waals surface area contributed by atoms with Gasteiger partial charge in [-0.3, -0.25) is 4.79 Å². The molecule has 15 heteroatoms. The van der Waals surface area contributed by atoms with Gasteiger partial charge >= 0.3 is 6.16 Å². The van der Waals surface area contributed by atoms with E-state index in [-0.39, 0.29) is 66.6 Å². The lowest BCUT2D eigenvalue weighted by Gasteiger charge is -2.47.